The molecule has 1 aliphatic carbocycles. The van der Waals surface area contributed by atoms with Gasteiger partial charge in [-0.1, -0.05) is 12.1 Å². The first-order chi connectivity index (χ1) is 14.4. The zero-order valence-corrected chi connectivity index (χ0v) is 17.1. The number of fused-ring (bicyclic) bond motifs is 1. The molecule has 0 aromatic heterocycles. The van der Waals surface area contributed by atoms with Gasteiger partial charge in [-0.15, -0.1) is 0 Å². The summed E-state index contributed by atoms with van der Waals surface area (Å²) in [6, 6.07) is 4.44. The van der Waals surface area contributed by atoms with Crippen LogP contribution in [0, 0.1) is 5.92 Å². The maximum atomic E-state index is 13.3. The predicted molar refractivity (Wildman–Crippen MR) is 108 cm³/mol. The van der Waals surface area contributed by atoms with Gasteiger partial charge in [-0.05, 0) is 43.7 Å². The van der Waals surface area contributed by atoms with Crippen LogP contribution in [0.5, 0.6) is 0 Å². The highest BCUT2D eigenvalue weighted by atomic mass is 16.2. The van der Waals surface area contributed by atoms with Gasteiger partial charge in [-0.25, -0.2) is 0 Å². The van der Waals surface area contributed by atoms with Crippen LogP contribution in [0.2, 0.25) is 0 Å². The first-order valence-electron chi connectivity index (χ1n) is 10.7. The Labute approximate surface area is 175 Å². The van der Waals surface area contributed by atoms with Crippen LogP contribution in [0.3, 0.4) is 0 Å². The summed E-state index contributed by atoms with van der Waals surface area (Å²) in [6.07, 6.45) is 2.74. The number of carbonyl (C=O) groups excluding carboxylic acids is 4. The third-order valence-electron chi connectivity index (χ3n) is 7.14. The number of nitrogens with one attached hydrogen (secondary N) is 2. The normalized spacial score (nSPS) is 29.9. The molecule has 3 fully saturated rings. The van der Waals surface area contributed by atoms with E-state index >= 15 is 0 Å². The van der Waals surface area contributed by atoms with E-state index in [2.05, 4.69) is 22.5 Å². The Balaban J connectivity index is 1.45. The molecule has 3 heterocycles. The summed E-state index contributed by atoms with van der Waals surface area (Å²) in [5.41, 5.74) is 1.62. The molecule has 8 nitrogen and oxygen atoms in total. The topological polar surface area (TPSA) is 98.8 Å². The summed E-state index contributed by atoms with van der Waals surface area (Å²) in [7, 11) is 0. The van der Waals surface area contributed by atoms with Gasteiger partial charge in [0.2, 0.25) is 11.8 Å². The lowest BCUT2D eigenvalue weighted by Crippen LogP contribution is -2.60. The molecule has 1 aromatic rings. The summed E-state index contributed by atoms with van der Waals surface area (Å²) < 4.78 is 0. The van der Waals surface area contributed by atoms with E-state index in [1.54, 1.807) is 6.07 Å². The molecule has 158 valence electrons. The predicted octanol–water partition coefficient (Wildman–Crippen LogP) is 0.662. The molecular weight excluding hydrogens is 384 g/mol. The maximum Gasteiger partial charge on any atom is 0.262 e. The van der Waals surface area contributed by atoms with Crippen molar-refractivity contribution in [3.8, 4) is 0 Å². The monoisotopic (exact) mass is 410 g/mol. The minimum Gasteiger partial charge on any atom is -0.314 e. The molecule has 2 unspecified atom stereocenters. The second-order valence-corrected chi connectivity index (χ2v) is 9.02. The van der Waals surface area contributed by atoms with E-state index < -0.39 is 23.8 Å². The van der Waals surface area contributed by atoms with Crippen LogP contribution in [-0.2, 0) is 16.1 Å². The minimum atomic E-state index is -0.932. The van der Waals surface area contributed by atoms with Gasteiger partial charge < -0.3 is 5.32 Å². The van der Waals surface area contributed by atoms with Crippen molar-refractivity contribution >= 4 is 23.6 Å². The molecule has 0 bridgehead atoms. The number of benzene rings is 1. The van der Waals surface area contributed by atoms with Crippen molar-refractivity contribution in [1.29, 1.82) is 0 Å². The summed E-state index contributed by atoms with van der Waals surface area (Å²) in [5.74, 6) is -1.17. The van der Waals surface area contributed by atoms with Crippen LogP contribution in [-0.4, -0.2) is 64.6 Å². The average Bonchev–Trinajstić information content (AvgIpc) is 3.54. The van der Waals surface area contributed by atoms with Crippen LogP contribution in [0.25, 0.3) is 0 Å². The van der Waals surface area contributed by atoms with Gasteiger partial charge in [-0.2, -0.15) is 0 Å². The van der Waals surface area contributed by atoms with Crippen molar-refractivity contribution in [2.24, 2.45) is 5.92 Å². The summed E-state index contributed by atoms with van der Waals surface area (Å²) in [4.78, 5) is 53.6. The van der Waals surface area contributed by atoms with Crippen LogP contribution in [0.15, 0.2) is 18.2 Å². The number of piperazine rings is 1. The van der Waals surface area contributed by atoms with E-state index in [0.717, 1.165) is 30.1 Å². The number of imide groups is 2. The zero-order chi connectivity index (χ0) is 21.0. The van der Waals surface area contributed by atoms with E-state index in [9.17, 15) is 19.2 Å². The smallest absolute Gasteiger partial charge is 0.262 e. The summed E-state index contributed by atoms with van der Waals surface area (Å²) >= 11 is 0. The minimum absolute atomic E-state index is 0.0376. The molecule has 8 heteroatoms. The van der Waals surface area contributed by atoms with Crippen molar-refractivity contribution in [2.45, 2.75) is 50.7 Å². The van der Waals surface area contributed by atoms with Gasteiger partial charge in [0.25, 0.3) is 11.8 Å². The molecule has 1 aromatic carbocycles. The highest BCUT2D eigenvalue weighted by molar-refractivity contribution is 6.24. The van der Waals surface area contributed by atoms with E-state index in [1.165, 1.54) is 12.8 Å². The lowest BCUT2D eigenvalue weighted by atomic mass is 9.90. The molecule has 4 aliphatic rings. The number of hydrogen-bond acceptors (Lipinski definition) is 6. The van der Waals surface area contributed by atoms with Gasteiger partial charge in [0, 0.05) is 38.1 Å². The lowest BCUT2D eigenvalue weighted by Gasteiger charge is -2.46. The van der Waals surface area contributed by atoms with Crippen LogP contribution >= 0.6 is 0 Å². The third kappa shape index (κ3) is 2.97. The highest BCUT2D eigenvalue weighted by Crippen LogP contribution is 2.44. The van der Waals surface area contributed by atoms with Crippen molar-refractivity contribution in [2.75, 3.05) is 19.6 Å². The van der Waals surface area contributed by atoms with E-state index in [1.807, 2.05) is 12.1 Å². The second-order valence-electron chi connectivity index (χ2n) is 9.02. The Hall–Kier alpha value is -2.58. The fourth-order valence-electron chi connectivity index (χ4n) is 5.21. The van der Waals surface area contributed by atoms with Gasteiger partial charge >= 0.3 is 0 Å². The molecule has 3 aliphatic heterocycles. The molecule has 5 rings (SSSR count). The molecule has 4 amide bonds. The van der Waals surface area contributed by atoms with Crippen molar-refractivity contribution in [3.63, 3.8) is 0 Å². The van der Waals surface area contributed by atoms with Crippen molar-refractivity contribution < 1.29 is 19.2 Å². The maximum absolute atomic E-state index is 13.3. The number of hydrogen-bond donors (Lipinski definition) is 2. The Morgan fingerprint density at radius 3 is 2.63 bits per heavy atom. The molecule has 0 spiro atoms. The van der Waals surface area contributed by atoms with Gasteiger partial charge in [0.1, 0.15) is 6.04 Å². The third-order valence-corrected chi connectivity index (χ3v) is 7.14. The number of piperidine rings is 1. The van der Waals surface area contributed by atoms with Crippen molar-refractivity contribution in [1.82, 2.24) is 20.4 Å². The van der Waals surface area contributed by atoms with Crippen LogP contribution in [0.1, 0.15) is 58.9 Å². The largest absolute Gasteiger partial charge is 0.314 e. The van der Waals surface area contributed by atoms with Crippen molar-refractivity contribution in [3.05, 3.63) is 34.9 Å². The SMILES string of the molecule is CC1(C2CC2)CNCCN1Cc1cccc2c1C(=O)N(C1CCC(=O)NC1=O)C2=O. The first kappa shape index (κ1) is 19.4. The Bertz CT molecular complexity index is 956. The van der Waals surface area contributed by atoms with E-state index in [4.69, 9.17) is 0 Å². The number of nitrogens with zero attached hydrogens (tertiary/aromatic N) is 2. The first-order valence-corrected chi connectivity index (χ1v) is 10.7. The molecular formula is C22H26N4O4. The van der Waals surface area contributed by atoms with Crippen LogP contribution in [0.4, 0.5) is 0 Å². The zero-order valence-electron chi connectivity index (χ0n) is 17.1. The molecule has 1 saturated carbocycles. The standard InChI is InChI=1S/C22H26N4O4/c1-22(14-5-6-14)12-23-9-10-25(22)11-13-3-2-4-15-18(13)21(30)26(20(15)29)16-7-8-17(27)24-19(16)28/h2-4,14,16,23H,5-12H2,1H3,(H,24,27,28). The molecule has 30 heavy (non-hydrogen) atoms. The number of rotatable bonds is 4. The fraction of sp³-hybridized carbons (Fsp3) is 0.545. The number of carbonyl (C=O) groups is 4. The van der Waals surface area contributed by atoms with Crippen LogP contribution < -0.4 is 10.6 Å². The van der Waals surface area contributed by atoms with Gasteiger partial charge in [0.15, 0.2) is 0 Å². The van der Waals surface area contributed by atoms with Gasteiger partial charge in [0.05, 0.1) is 11.1 Å². The Morgan fingerprint density at radius 1 is 1.10 bits per heavy atom. The fourth-order valence-corrected chi connectivity index (χ4v) is 5.21. The summed E-state index contributed by atoms with van der Waals surface area (Å²) in [5, 5.41) is 5.74. The van der Waals surface area contributed by atoms with E-state index in [-0.39, 0.29) is 24.3 Å². The summed E-state index contributed by atoms with van der Waals surface area (Å²) in [6.45, 7) is 5.58. The lowest BCUT2D eigenvalue weighted by molar-refractivity contribution is -0.136. The second kappa shape index (κ2) is 6.99. The highest BCUT2D eigenvalue weighted by Gasteiger charge is 2.48. The average molecular weight is 410 g/mol. The Morgan fingerprint density at radius 2 is 1.90 bits per heavy atom. The molecule has 2 N–H and O–H groups in total. The Kier molecular flexibility index (Phi) is 4.52. The molecule has 0 radical (unpaired) electrons. The quantitative estimate of drug-likeness (QED) is 0.708. The van der Waals surface area contributed by atoms with E-state index in [0.29, 0.717) is 23.6 Å². The van der Waals surface area contributed by atoms with Gasteiger partial charge in [-0.3, -0.25) is 34.3 Å². The molecule has 2 atom stereocenters. The number of amides is 4. The molecule has 2 saturated heterocycles.